The Hall–Kier alpha value is -2.02. The lowest BCUT2D eigenvalue weighted by Gasteiger charge is -2.41. The van der Waals surface area contributed by atoms with Crippen molar-refractivity contribution in [1.82, 2.24) is 9.55 Å². The van der Waals surface area contributed by atoms with E-state index in [-0.39, 0.29) is 0 Å². The van der Waals surface area contributed by atoms with Crippen LogP contribution in [0.15, 0.2) is 18.2 Å². The van der Waals surface area contributed by atoms with Gasteiger partial charge in [0.15, 0.2) is 0 Å². The third kappa shape index (κ3) is 1.86. The number of hydrogen-bond donors (Lipinski definition) is 1. The van der Waals surface area contributed by atoms with Gasteiger partial charge in [0.25, 0.3) is 0 Å². The lowest BCUT2D eigenvalue weighted by atomic mass is 9.67. The highest BCUT2D eigenvalue weighted by molar-refractivity contribution is 5.79. The molecule has 0 atom stereocenters. The van der Waals surface area contributed by atoms with E-state index in [4.69, 9.17) is 11.0 Å². The maximum atomic E-state index is 9.02. The summed E-state index contributed by atoms with van der Waals surface area (Å²) in [6.45, 7) is 3.16. The number of imidazole rings is 1. The number of nitrogen functional groups attached to an aromatic ring is 1. The molecule has 0 aliphatic heterocycles. The summed E-state index contributed by atoms with van der Waals surface area (Å²) in [7, 11) is 0. The minimum atomic E-state index is 0.379. The Morgan fingerprint density at radius 1 is 1.47 bits per heavy atom. The third-order valence-corrected chi connectivity index (χ3v) is 4.56. The van der Waals surface area contributed by atoms with Gasteiger partial charge >= 0.3 is 0 Å². The average Bonchev–Trinajstić information content (AvgIpc) is 2.69. The second kappa shape index (κ2) is 4.27. The molecule has 0 bridgehead atoms. The number of nitriles is 1. The van der Waals surface area contributed by atoms with Crippen LogP contribution in [0, 0.1) is 16.7 Å². The molecule has 2 aromatic rings. The van der Waals surface area contributed by atoms with Crippen molar-refractivity contribution in [3.63, 3.8) is 0 Å². The molecule has 0 unspecified atom stereocenters. The monoisotopic (exact) mass is 254 g/mol. The fourth-order valence-electron chi connectivity index (χ4n) is 3.01. The van der Waals surface area contributed by atoms with Gasteiger partial charge in [0.05, 0.1) is 22.7 Å². The van der Waals surface area contributed by atoms with Gasteiger partial charge in [-0.25, -0.2) is 4.98 Å². The standard InChI is InChI=1S/C15H18N4/c1-2-15(6-3-7-15)10-19-13-8-11(9-16)4-5-12(13)18-14(19)17/h4-5,8H,2-3,6-7,10H2,1H3,(H2,17,18). The quantitative estimate of drug-likeness (QED) is 0.915. The lowest BCUT2D eigenvalue weighted by Crippen LogP contribution is -2.33. The molecule has 98 valence electrons. The maximum Gasteiger partial charge on any atom is 0.201 e. The van der Waals surface area contributed by atoms with Gasteiger partial charge < -0.3 is 10.3 Å². The van der Waals surface area contributed by atoms with Crippen LogP contribution in [0.1, 0.15) is 38.2 Å². The number of aromatic nitrogens is 2. The maximum absolute atomic E-state index is 9.02. The Morgan fingerprint density at radius 2 is 2.26 bits per heavy atom. The summed E-state index contributed by atoms with van der Waals surface area (Å²) in [6, 6.07) is 7.73. The summed E-state index contributed by atoms with van der Waals surface area (Å²) in [5, 5.41) is 9.02. The van der Waals surface area contributed by atoms with E-state index in [0.717, 1.165) is 17.6 Å². The van der Waals surface area contributed by atoms with Crippen LogP contribution < -0.4 is 5.73 Å². The molecule has 0 saturated heterocycles. The normalized spacial score (nSPS) is 17.1. The summed E-state index contributed by atoms with van der Waals surface area (Å²) in [4.78, 5) is 4.40. The number of hydrogen-bond acceptors (Lipinski definition) is 3. The topological polar surface area (TPSA) is 67.6 Å². The smallest absolute Gasteiger partial charge is 0.201 e. The Labute approximate surface area is 112 Å². The van der Waals surface area contributed by atoms with Gasteiger partial charge in [-0.15, -0.1) is 0 Å². The van der Waals surface area contributed by atoms with Gasteiger partial charge in [0, 0.05) is 6.54 Å². The second-order valence-corrected chi connectivity index (χ2v) is 5.58. The molecule has 0 spiro atoms. The van der Waals surface area contributed by atoms with Crippen LogP contribution in [0.4, 0.5) is 5.95 Å². The molecule has 2 N–H and O–H groups in total. The molecule has 4 nitrogen and oxygen atoms in total. The first-order valence-corrected chi connectivity index (χ1v) is 6.83. The molecule has 1 aliphatic rings. The first-order chi connectivity index (χ1) is 9.17. The minimum absolute atomic E-state index is 0.379. The van der Waals surface area contributed by atoms with E-state index in [1.807, 2.05) is 12.1 Å². The summed E-state index contributed by atoms with van der Waals surface area (Å²) in [5.74, 6) is 0.560. The van der Waals surface area contributed by atoms with Crippen LogP contribution in [0.3, 0.4) is 0 Å². The Balaban J connectivity index is 2.07. The highest BCUT2D eigenvalue weighted by Gasteiger charge is 2.36. The summed E-state index contributed by atoms with van der Waals surface area (Å²) in [5.41, 5.74) is 8.95. The summed E-state index contributed by atoms with van der Waals surface area (Å²) < 4.78 is 2.08. The molecule has 1 saturated carbocycles. The van der Waals surface area contributed by atoms with Crippen LogP contribution >= 0.6 is 0 Å². The molecule has 1 aliphatic carbocycles. The van der Waals surface area contributed by atoms with E-state index in [9.17, 15) is 0 Å². The second-order valence-electron chi connectivity index (χ2n) is 5.58. The van der Waals surface area contributed by atoms with E-state index in [2.05, 4.69) is 22.5 Å². The molecule has 3 rings (SSSR count). The largest absolute Gasteiger partial charge is 0.369 e. The number of fused-ring (bicyclic) bond motifs is 1. The summed E-state index contributed by atoms with van der Waals surface area (Å²) in [6.07, 6.45) is 5.01. The van der Waals surface area contributed by atoms with Crippen molar-refractivity contribution < 1.29 is 0 Å². The molecule has 1 aromatic heterocycles. The fourth-order valence-corrected chi connectivity index (χ4v) is 3.01. The first-order valence-electron chi connectivity index (χ1n) is 6.83. The zero-order valence-electron chi connectivity index (χ0n) is 11.2. The number of nitrogens with two attached hydrogens (primary N) is 1. The molecular weight excluding hydrogens is 236 g/mol. The number of anilines is 1. The molecule has 4 heteroatoms. The van der Waals surface area contributed by atoms with Crippen molar-refractivity contribution in [2.75, 3.05) is 5.73 Å². The zero-order valence-corrected chi connectivity index (χ0v) is 11.2. The number of benzene rings is 1. The minimum Gasteiger partial charge on any atom is -0.369 e. The number of nitrogens with zero attached hydrogens (tertiary/aromatic N) is 3. The van der Waals surface area contributed by atoms with E-state index < -0.39 is 0 Å². The summed E-state index contributed by atoms with van der Waals surface area (Å²) >= 11 is 0. The van der Waals surface area contributed by atoms with E-state index in [1.165, 1.54) is 25.7 Å². The van der Waals surface area contributed by atoms with Crippen LogP contribution in [-0.2, 0) is 6.54 Å². The molecule has 1 heterocycles. The van der Waals surface area contributed by atoms with E-state index in [0.29, 0.717) is 16.9 Å². The Morgan fingerprint density at radius 3 is 2.84 bits per heavy atom. The van der Waals surface area contributed by atoms with Crippen molar-refractivity contribution in [1.29, 1.82) is 5.26 Å². The highest BCUT2D eigenvalue weighted by Crippen LogP contribution is 2.46. The molecule has 19 heavy (non-hydrogen) atoms. The van der Waals surface area contributed by atoms with E-state index in [1.54, 1.807) is 6.07 Å². The molecule has 1 aromatic carbocycles. The molecule has 0 amide bonds. The van der Waals surface area contributed by atoms with Gasteiger partial charge in [-0.1, -0.05) is 13.3 Å². The Kier molecular flexibility index (Phi) is 2.70. The predicted molar refractivity (Wildman–Crippen MR) is 75.4 cm³/mol. The fraction of sp³-hybridized carbons (Fsp3) is 0.467. The first kappa shape index (κ1) is 12.0. The molecular formula is C15H18N4. The van der Waals surface area contributed by atoms with Crippen molar-refractivity contribution in [3.8, 4) is 6.07 Å². The predicted octanol–water partition coefficient (Wildman–Crippen LogP) is 3.07. The van der Waals surface area contributed by atoms with Gasteiger partial charge in [0.1, 0.15) is 0 Å². The van der Waals surface area contributed by atoms with Crippen molar-refractivity contribution in [2.24, 2.45) is 5.41 Å². The van der Waals surface area contributed by atoms with Crippen molar-refractivity contribution >= 4 is 17.0 Å². The molecule has 0 radical (unpaired) electrons. The van der Waals surface area contributed by atoms with Crippen molar-refractivity contribution in [3.05, 3.63) is 23.8 Å². The zero-order chi connectivity index (χ0) is 13.5. The van der Waals surface area contributed by atoms with Crippen LogP contribution in [-0.4, -0.2) is 9.55 Å². The third-order valence-electron chi connectivity index (χ3n) is 4.56. The van der Waals surface area contributed by atoms with Crippen LogP contribution in [0.25, 0.3) is 11.0 Å². The van der Waals surface area contributed by atoms with Gasteiger partial charge in [0.2, 0.25) is 5.95 Å². The van der Waals surface area contributed by atoms with Crippen LogP contribution in [0.5, 0.6) is 0 Å². The van der Waals surface area contributed by atoms with Crippen molar-refractivity contribution in [2.45, 2.75) is 39.2 Å². The SMILES string of the molecule is CCC1(Cn2c(N)nc3ccc(C#N)cc32)CCC1. The van der Waals surface area contributed by atoms with Crippen LogP contribution in [0.2, 0.25) is 0 Å². The van der Waals surface area contributed by atoms with Gasteiger partial charge in [-0.3, -0.25) is 0 Å². The van der Waals surface area contributed by atoms with Gasteiger partial charge in [-0.05, 0) is 42.9 Å². The lowest BCUT2D eigenvalue weighted by molar-refractivity contribution is 0.103. The average molecular weight is 254 g/mol. The van der Waals surface area contributed by atoms with Gasteiger partial charge in [-0.2, -0.15) is 5.26 Å². The van der Waals surface area contributed by atoms with E-state index >= 15 is 0 Å². The Bertz CT molecular complexity index is 653. The highest BCUT2D eigenvalue weighted by atomic mass is 15.2. The number of rotatable bonds is 3. The molecule has 1 fully saturated rings.